The molecule has 6 nitrogen and oxygen atoms in total. The molecule has 0 unspecified atom stereocenters. The van der Waals surface area contributed by atoms with Gasteiger partial charge in [-0.1, -0.05) is 29.8 Å². The Morgan fingerprint density at radius 3 is 2.41 bits per heavy atom. The molecular formula is C16H19N3O3. The normalized spacial score (nSPS) is 10.5. The third-order valence-electron chi connectivity index (χ3n) is 3.38. The second-order valence-corrected chi connectivity index (χ2v) is 5.23. The summed E-state index contributed by atoms with van der Waals surface area (Å²) in [6.07, 6.45) is 0. The lowest BCUT2D eigenvalue weighted by Gasteiger charge is -2.06. The molecule has 0 aliphatic rings. The topological polar surface area (TPSA) is 87.2 Å². The number of rotatable bonds is 5. The minimum Gasteiger partial charge on any atom is -0.452 e. The number of benzene rings is 1. The van der Waals surface area contributed by atoms with Crippen molar-refractivity contribution in [3.63, 3.8) is 0 Å². The molecule has 0 radical (unpaired) electrons. The predicted octanol–water partition coefficient (Wildman–Crippen LogP) is 1.50. The Kier molecular flexibility index (Phi) is 4.60. The highest BCUT2D eigenvalue weighted by Gasteiger charge is 2.20. The number of hydrogen-bond donors (Lipinski definition) is 1. The lowest BCUT2D eigenvalue weighted by molar-refractivity contribution is -0.121. The van der Waals surface area contributed by atoms with Crippen LogP contribution in [0.15, 0.2) is 24.3 Å². The molecule has 1 aromatic heterocycles. The maximum absolute atomic E-state index is 12.0. The fourth-order valence-electron chi connectivity index (χ4n) is 2.22. The second-order valence-electron chi connectivity index (χ2n) is 5.23. The molecule has 2 rings (SSSR count). The summed E-state index contributed by atoms with van der Waals surface area (Å²) in [6.45, 7) is 5.70. The van der Waals surface area contributed by atoms with Crippen molar-refractivity contribution >= 4 is 11.9 Å². The standard InChI is InChI=1S/C16H19N3O3/c1-10-4-6-13(7-5-10)8-19-12(3)15(11(2)18-19)16(21)22-9-14(17)20/h4-7H,8-9H2,1-3H3,(H2,17,20). The van der Waals surface area contributed by atoms with E-state index in [2.05, 4.69) is 5.10 Å². The number of aromatic nitrogens is 2. The van der Waals surface area contributed by atoms with E-state index in [4.69, 9.17) is 10.5 Å². The van der Waals surface area contributed by atoms with Gasteiger partial charge in [0, 0.05) is 0 Å². The monoisotopic (exact) mass is 301 g/mol. The van der Waals surface area contributed by atoms with Gasteiger partial charge in [-0.2, -0.15) is 5.10 Å². The molecule has 1 heterocycles. The number of nitrogens with zero attached hydrogens (tertiary/aromatic N) is 2. The fraction of sp³-hybridized carbons (Fsp3) is 0.312. The van der Waals surface area contributed by atoms with Crippen LogP contribution < -0.4 is 5.73 Å². The molecule has 0 atom stereocenters. The minimum atomic E-state index is -0.685. The Labute approximate surface area is 128 Å². The number of nitrogens with two attached hydrogens (primary N) is 1. The zero-order valence-electron chi connectivity index (χ0n) is 12.9. The molecule has 2 aromatic rings. The van der Waals surface area contributed by atoms with Gasteiger partial charge in [-0.25, -0.2) is 4.79 Å². The maximum atomic E-state index is 12.0. The Morgan fingerprint density at radius 1 is 1.18 bits per heavy atom. The second kappa shape index (κ2) is 6.43. The highest BCUT2D eigenvalue weighted by atomic mass is 16.5. The maximum Gasteiger partial charge on any atom is 0.342 e. The first-order valence-corrected chi connectivity index (χ1v) is 6.93. The van der Waals surface area contributed by atoms with Crippen molar-refractivity contribution in [2.45, 2.75) is 27.3 Å². The molecule has 1 aromatic carbocycles. The van der Waals surface area contributed by atoms with E-state index < -0.39 is 18.5 Å². The van der Waals surface area contributed by atoms with Crippen LogP contribution in [0.25, 0.3) is 0 Å². The number of primary amides is 1. The molecule has 0 saturated heterocycles. The molecule has 116 valence electrons. The molecule has 0 spiro atoms. The summed E-state index contributed by atoms with van der Waals surface area (Å²) < 4.78 is 6.61. The van der Waals surface area contributed by atoms with Crippen molar-refractivity contribution in [1.29, 1.82) is 0 Å². The number of amides is 1. The lowest BCUT2D eigenvalue weighted by Crippen LogP contribution is -2.21. The van der Waals surface area contributed by atoms with Gasteiger partial charge in [0.2, 0.25) is 0 Å². The van der Waals surface area contributed by atoms with E-state index in [1.165, 1.54) is 5.56 Å². The van der Waals surface area contributed by atoms with Crippen molar-refractivity contribution in [3.8, 4) is 0 Å². The first-order valence-electron chi connectivity index (χ1n) is 6.93. The molecule has 6 heteroatoms. The van der Waals surface area contributed by atoms with Crippen molar-refractivity contribution < 1.29 is 14.3 Å². The first-order chi connectivity index (χ1) is 10.4. The van der Waals surface area contributed by atoms with Gasteiger partial charge >= 0.3 is 5.97 Å². The van der Waals surface area contributed by atoms with E-state index in [0.29, 0.717) is 23.5 Å². The quantitative estimate of drug-likeness (QED) is 0.848. The number of carbonyl (C=O) groups excluding carboxylic acids is 2. The molecule has 0 fully saturated rings. The SMILES string of the molecule is Cc1ccc(Cn2nc(C)c(C(=O)OCC(N)=O)c2C)cc1. The van der Waals surface area contributed by atoms with Crippen LogP contribution in [0.2, 0.25) is 0 Å². The van der Waals surface area contributed by atoms with E-state index in [9.17, 15) is 9.59 Å². The number of esters is 1. The zero-order chi connectivity index (χ0) is 16.3. The largest absolute Gasteiger partial charge is 0.452 e. The Morgan fingerprint density at radius 2 is 1.82 bits per heavy atom. The summed E-state index contributed by atoms with van der Waals surface area (Å²) >= 11 is 0. The first kappa shape index (κ1) is 15.8. The van der Waals surface area contributed by atoms with Gasteiger partial charge in [0.15, 0.2) is 6.61 Å². The van der Waals surface area contributed by atoms with Gasteiger partial charge in [0.1, 0.15) is 5.56 Å². The molecule has 0 bridgehead atoms. The van der Waals surface area contributed by atoms with Crippen LogP contribution in [0, 0.1) is 20.8 Å². The minimum absolute atomic E-state index is 0.383. The van der Waals surface area contributed by atoms with Gasteiger partial charge in [-0.15, -0.1) is 0 Å². The molecule has 1 amide bonds. The Bertz CT molecular complexity index is 702. The van der Waals surface area contributed by atoms with Gasteiger partial charge in [-0.3, -0.25) is 9.48 Å². The Hall–Kier alpha value is -2.63. The number of aryl methyl sites for hydroxylation is 2. The van der Waals surface area contributed by atoms with Crippen LogP contribution in [-0.2, 0) is 16.1 Å². The van der Waals surface area contributed by atoms with Crippen molar-refractivity contribution in [2.75, 3.05) is 6.61 Å². The van der Waals surface area contributed by atoms with Crippen LogP contribution >= 0.6 is 0 Å². The highest BCUT2D eigenvalue weighted by Crippen LogP contribution is 2.16. The molecule has 0 saturated carbocycles. The van der Waals surface area contributed by atoms with E-state index in [0.717, 1.165) is 5.56 Å². The average molecular weight is 301 g/mol. The number of carbonyl (C=O) groups is 2. The van der Waals surface area contributed by atoms with E-state index in [1.54, 1.807) is 18.5 Å². The summed E-state index contributed by atoms with van der Waals surface area (Å²) in [6, 6.07) is 8.11. The summed E-state index contributed by atoms with van der Waals surface area (Å²) in [5, 5.41) is 4.38. The van der Waals surface area contributed by atoms with E-state index >= 15 is 0 Å². The smallest absolute Gasteiger partial charge is 0.342 e. The number of hydrogen-bond acceptors (Lipinski definition) is 4. The fourth-order valence-corrected chi connectivity index (χ4v) is 2.22. The van der Waals surface area contributed by atoms with Crippen LogP contribution in [-0.4, -0.2) is 28.3 Å². The van der Waals surface area contributed by atoms with Gasteiger partial charge in [0.05, 0.1) is 17.9 Å². The summed E-state index contributed by atoms with van der Waals surface area (Å²) in [7, 11) is 0. The average Bonchev–Trinajstić information content (AvgIpc) is 2.73. The Balaban J connectivity index is 2.21. The zero-order valence-corrected chi connectivity index (χ0v) is 12.9. The lowest BCUT2D eigenvalue weighted by atomic mass is 10.1. The third-order valence-corrected chi connectivity index (χ3v) is 3.38. The summed E-state index contributed by atoms with van der Waals surface area (Å²) in [4.78, 5) is 22.7. The van der Waals surface area contributed by atoms with Crippen LogP contribution in [0.3, 0.4) is 0 Å². The summed E-state index contributed by atoms with van der Waals surface area (Å²) in [5.41, 5.74) is 8.91. The summed E-state index contributed by atoms with van der Waals surface area (Å²) in [5.74, 6) is -1.26. The van der Waals surface area contributed by atoms with E-state index in [-0.39, 0.29) is 0 Å². The third kappa shape index (κ3) is 3.52. The van der Waals surface area contributed by atoms with Crippen molar-refractivity contribution in [3.05, 3.63) is 52.3 Å². The van der Waals surface area contributed by atoms with Gasteiger partial charge in [-0.05, 0) is 26.3 Å². The van der Waals surface area contributed by atoms with Crippen LogP contribution in [0.4, 0.5) is 0 Å². The predicted molar refractivity (Wildman–Crippen MR) is 81.5 cm³/mol. The highest BCUT2D eigenvalue weighted by molar-refractivity contribution is 5.93. The molecule has 2 N–H and O–H groups in total. The molecule has 22 heavy (non-hydrogen) atoms. The van der Waals surface area contributed by atoms with Gasteiger partial charge in [0.25, 0.3) is 5.91 Å². The number of ether oxygens (including phenoxy) is 1. The van der Waals surface area contributed by atoms with Crippen molar-refractivity contribution in [2.24, 2.45) is 5.73 Å². The molecular weight excluding hydrogens is 282 g/mol. The van der Waals surface area contributed by atoms with E-state index in [1.807, 2.05) is 31.2 Å². The van der Waals surface area contributed by atoms with Crippen LogP contribution in [0.5, 0.6) is 0 Å². The molecule has 0 aliphatic carbocycles. The van der Waals surface area contributed by atoms with Crippen molar-refractivity contribution in [1.82, 2.24) is 9.78 Å². The molecule has 0 aliphatic heterocycles. The van der Waals surface area contributed by atoms with Gasteiger partial charge < -0.3 is 10.5 Å². The van der Waals surface area contributed by atoms with Crippen LogP contribution in [0.1, 0.15) is 32.9 Å².